The van der Waals surface area contributed by atoms with E-state index in [0.29, 0.717) is 11.5 Å². The lowest BCUT2D eigenvalue weighted by atomic mass is 9.93. The van der Waals surface area contributed by atoms with E-state index < -0.39 is 9.84 Å². The zero-order chi connectivity index (χ0) is 12.3. The van der Waals surface area contributed by atoms with Crippen LogP contribution in [0.2, 0.25) is 0 Å². The first-order valence-corrected chi connectivity index (χ1v) is 7.78. The number of sulfone groups is 1. The lowest BCUT2D eigenvalue weighted by Crippen LogP contribution is -2.29. The molecule has 1 aliphatic rings. The average Bonchev–Trinajstić information content (AvgIpc) is 2.67. The number of aromatic nitrogens is 1. The molecule has 5 heteroatoms. The topological polar surface area (TPSA) is 59.1 Å². The Morgan fingerprint density at radius 3 is 2.94 bits per heavy atom. The lowest BCUT2D eigenvalue weighted by molar-refractivity contribution is 0.399. The summed E-state index contributed by atoms with van der Waals surface area (Å²) < 4.78 is 23.1. The van der Waals surface area contributed by atoms with Gasteiger partial charge in [-0.05, 0) is 30.5 Å². The SMILES string of the molecule is CCNC(c1cccnc1)C1CCS(=O)(=O)C1. The maximum atomic E-state index is 11.5. The molecule has 17 heavy (non-hydrogen) atoms. The van der Waals surface area contributed by atoms with Crippen LogP contribution in [0.1, 0.15) is 24.9 Å². The molecule has 2 atom stereocenters. The zero-order valence-electron chi connectivity index (χ0n) is 9.96. The van der Waals surface area contributed by atoms with Gasteiger partial charge in [0.1, 0.15) is 0 Å². The Morgan fingerprint density at radius 2 is 2.41 bits per heavy atom. The summed E-state index contributed by atoms with van der Waals surface area (Å²) >= 11 is 0. The first kappa shape index (κ1) is 12.5. The van der Waals surface area contributed by atoms with Crippen molar-refractivity contribution in [2.75, 3.05) is 18.1 Å². The molecule has 0 amide bonds. The molecule has 4 nitrogen and oxygen atoms in total. The summed E-state index contributed by atoms with van der Waals surface area (Å²) in [5.74, 6) is 0.781. The summed E-state index contributed by atoms with van der Waals surface area (Å²) in [5.41, 5.74) is 1.08. The molecule has 2 rings (SSSR count). The number of rotatable bonds is 4. The monoisotopic (exact) mass is 254 g/mol. The van der Waals surface area contributed by atoms with Crippen LogP contribution in [0.4, 0.5) is 0 Å². The Morgan fingerprint density at radius 1 is 1.59 bits per heavy atom. The minimum absolute atomic E-state index is 0.103. The Hall–Kier alpha value is -0.940. The predicted octanol–water partition coefficient (Wildman–Crippen LogP) is 1.17. The van der Waals surface area contributed by atoms with Gasteiger partial charge in [-0.25, -0.2) is 8.42 Å². The molecule has 2 unspecified atom stereocenters. The van der Waals surface area contributed by atoms with Gasteiger partial charge in [0.2, 0.25) is 0 Å². The molecule has 0 aromatic carbocycles. The molecule has 0 spiro atoms. The molecule has 0 radical (unpaired) electrons. The van der Waals surface area contributed by atoms with E-state index in [0.717, 1.165) is 18.5 Å². The van der Waals surface area contributed by atoms with Gasteiger partial charge in [0.25, 0.3) is 0 Å². The maximum absolute atomic E-state index is 11.5. The number of nitrogens with zero attached hydrogens (tertiary/aromatic N) is 1. The molecule has 1 aromatic rings. The molecule has 1 aliphatic heterocycles. The summed E-state index contributed by atoms with van der Waals surface area (Å²) in [6, 6.07) is 4.00. The third-order valence-electron chi connectivity index (χ3n) is 3.21. The standard InChI is InChI=1S/C12H18N2O2S/c1-2-14-12(10-4-3-6-13-8-10)11-5-7-17(15,16)9-11/h3-4,6,8,11-12,14H,2,5,7,9H2,1H3. The van der Waals surface area contributed by atoms with Crippen LogP contribution < -0.4 is 5.32 Å². The molecule has 1 aromatic heterocycles. The summed E-state index contributed by atoms with van der Waals surface area (Å²) in [4.78, 5) is 4.11. The predicted molar refractivity (Wildman–Crippen MR) is 67.4 cm³/mol. The summed E-state index contributed by atoms with van der Waals surface area (Å²) in [6.45, 7) is 2.86. The van der Waals surface area contributed by atoms with Crippen molar-refractivity contribution in [3.05, 3.63) is 30.1 Å². The molecule has 0 bridgehead atoms. The lowest BCUT2D eigenvalue weighted by Gasteiger charge is -2.23. The third-order valence-corrected chi connectivity index (χ3v) is 5.00. The van der Waals surface area contributed by atoms with Gasteiger partial charge < -0.3 is 5.32 Å². The molecule has 1 saturated heterocycles. The Balaban J connectivity index is 2.19. The molecule has 0 saturated carbocycles. The van der Waals surface area contributed by atoms with Crippen LogP contribution in [-0.2, 0) is 9.84 Å². The first-order chi connectivity index (χ1) is 8.12. The Bertz CT molecular complexity index is 459. The number of nitrogens with one attached hydrogen (secondary N) is 1. The van der Waals surface area contributed by atoms with Crippen molar-refractivity contribution >= 4 is 9.84 Å². The highest BCUT2D eigenvalue weighted by molar-refractivity contribution is 7.91. The van der Waals surface area contributed by atoms with Gasteiger partial charge >= 0.3 is 0 Å². The van der Waals surface area contributed by atoms with Crippen molar-refractivity contribution in [1.29, 1.82) is 0 Å². The highest BCUT2D eigenvalue weighted by Crippen LogP contribution is 2.30. The van der Waals surface area contributed by atoms with E-state index in [1.807, 2.05) is 25.3 Å². The van der Waals surface area contributed by atoms with Crippen molar-refractivity contribution in [2.45, 2.75) is 19.4 Å². The summed E-state index contributed by atoms with van der Waals surface area (Å²) in [7, 11) is -2.83. The molecule has 2 heterocycles. The van der Waals surface area contributed by atoms with Crippen LogP contribution in [-0.4, -0.2) is 31.5 Å². The van der Waals surface area contributed by atoms with E-state index in [4.69, 9.17) is 0 Å². The fraction of sp³-hybridized carbons (Fsp3) is 0.583. The number of hydrogen-bond donors (Lipinski definition) is 1. The average molecular weight is 254 g/mol. The van der Waals surface area contributed by atoms with Crippen LogP contribution in [0, 0.1) is 5.92 Å². The van der Waals surface area contributed by atoms with Gasteiger partial charge in [-0.1, -0.05) is 13.0 Å². The maximum Gasteiger partial charge on any atom is 0.150 e. The Kier molecular flexibility index (Phi) is 3.79. The van der Waals surface area contributed by atoms with Crippen LogP contribution >= 0.6 is 0 Å². The molecule has 1 fully saturated rings. The highest BCUT2D eigenvalue weighted by Gasteiger charge is 2.34. The van der Waals surface area contributed by atoms with Crippen molar-refractivity contribution in [3.8, 4) is 0 Å². The zero-order valence-corrected chi connectivity index (χ0v) is 10.8. The summed E-state index contributed by atoms with van der Waals surface area (Å²) in [5, 5.41) is 3.37. The minimum atomic E-state index is -2.83. The van der Waals surface area contributed by atoms with E-state index in [9.17, 15) is 8.42 Å². The van der Waals surface area contributed by atoms with E-state index in [1.54, 1.807) is 6.20 Å². The molecular weight excluding hydrogens is 236 g/mol. The van der Waals surface area contributed by atoms with Gasteiger partial charge in [0.15, 0.2) is 9.84 Å². The van der Waals surface area contributed by atoms with Gasteiger partial charge in [-0.3, -0.25) is 4.98 Å². The van der Waals surface area contributed by atoms with Gasteiger partial charge in [-0.2, -0.15) is 0 Å². The molecule has 0 aliphatic carbocycles. The molecular formula is C12H18N2O2S. The largest absolute Gasteiger partial charge is 0.310 e. The number of hydrogen-bond acceptors (Lipinski definition) is 4. The smallest absolute Gasteiger partial charge is 0.150 e. The minimum Gasteiger partial charge on any atom is -0.310 e. The summed E-state index contributed by atoms with van der Waals surface area (Å²) in [6.07, 6.45) is 4.30. The fourth-order valence-corrected chi connectivity index (χ4v) is 4.26. The normalized spacial score (nSPS) is 24.6. The first-order valence-electron chi connectivity index (χ1n) is 5.96. The van der Waals surface area contributed by atoms with Gasteiger partial charge in [0.05, 0.1) is 11.5 Å². The van der Waals surface area contributed by atoms with Crippen molar-refractivity contribution in [2.24, 2.45) is 5.92 Å². The third kappa shape index (κ3) is 3.04. The van der Waals surface area contributed by atoms with Crippen LogP contribution in [0.15, 0.2) is 24.5 Å². The van der Waals surface area contributed by atoms with E-state index >= 15 is 0 Å². The Labute approximate surface area is 102 Å². The van der Waals surface area contributed by atoms with E-state index in [2.05, 4.69) is 10.3 Å². The van der Waals surface area contributed by atoms with Gasteiger partial charge in [0, 0.05) is 18.4 Å². The fourth-order valence-electron chi connectivity index (χ4n) is 2.42. The van der Waals surface area contributed by atoms with Crippen molar-refractivity contribution in [1.82, 2.24) is 10.3 Å². The van der Waals surface area contributed by atoms with Crippen molar-refractivity contribution < 1.29 is 8.42 Å². The molecule has 1 N–H and O–H groups in total. The number of pyridine rings is 1. The second-order valence-electron chi connectivity index (χ2n) is 4.48. The van der Waals surface area contributed by atoms with E-state index in [-0.39, 0.29) is 12.0 Å². The quantitative estimate of drug-likeness (QED) is 0.876. The highest BCUT2D eigenvalue weighted by atomic mass is 32.2. The second kappa shape index (κ2) is 5.14. The van der Waals surface area contributed by atoms with E-state index in [1.165, 1.54) is 0 Å². The molecule has 94 valence electrons. The second-order valence-corrected chi connectivity index (χ2v) is 6.71. The van der Waals surface area contributed by atoms with Crippen LogP contribution in [0.3, 0.4) is 0 Å². The van der Waals surface area contributed by atoms with Crippen LogP contribution in [0.25, 0.3) is 0 Å². The van der Waals surface area contributed by atoms with Crippen LogP contribution in [0.5, 0.6) is 0 Å². The van der Waals surface area contributed by atoms with Crippen molar-refractivity contribution in [3.63, 3.8) is 0 Å². The van der Waals surface area contributed by atoms with Gasteiger partial charge in [-0.15, -0.1) is 0 Å².